The van der Waals surface area contributed by atoms with E-state index >= 15 is 0 Å². The molecule has 0 fully saturated rings. The van der Waals surface area contributed by atoms with E-state index in [1.165, 1.54) is 10.8 Å². The van der Waals surface area contributed by atoms with E-state index < -0.39 is 5.54 Å². The highest BCUT2D eigenvalue weighted by Gasteiger charge is 2.26. The molecule has 0 bridgehead atoms. The summed E-state index contributed by atoms with van der Waals surface area (Å²) in [5, 5.41) is 5.31. The standard InChI is InChI=1S/C17H22N2O/c1-3-11-17(2,18)16(20)19-12-14-9-6-8-13-7-4-5-10-15(13)14/h4-10H,3,11-12,18H2,1-2H3,(H,19,20). The van der Waals surface area contributed by atoms with Crippen LogP contribution in [0.2, 0.25) is 0 Å². The molecule has 0 aliphatic heterocycles. The van der Waals surface area contributed by atoms with E-state index in [1.807, 2.05) is 31.2 Å². The minimum absolute atomic E-state index is 0.0905. The summed E-state index contributed by atoms with van der Waals surface area (Å²) in [6.07, 6.45) is 1.59. The van der Waals surface area contributed by atoms with Gasteiger partial charge in [-0.3, -0.25) is 4.79 Å². The van der Waals surface area contributed by atoms with Crippen molar-refractivity contribution in [3.05, 3.63) is 48.0 Å². The van der Waals surface area contributed by atoms with Gasteiger partial charge in [0.25, 0.3) is 0 Å². The number of nitrogens with two attached hydrogens (primary N) is 1. The molecule has 3 heteroatoms. The first-order chi connectivity index (χ1) is 9.54. The number of nitrogens with one attached hydrogen (secondary N) is 1. The maximum absolute atomic E-state index is 12.1. The quantitative estimate of drug-likeness (QED) is 0.877. The largest absolute Gasteiger partial charge is 0.350 e. The van der Waals surface area contributed by atoms with Gasteiger partial charge in [-0.15, -0.1) is 0 Å². The van der Waals surface area contributed by atoms with Crippen LogP contribution < -0.4 is 11.1 Å². The number of fused-ring (bicyclic) bond motifs is 1. The van der Waals surface area contributed by atoms with Crippen LogP contribution in [0, 0.1) is 0 Å². The molecular formula is C17H22N2O. The Morgan fingerprint density at radius 3 is 2.65 bits per heavy atom. The van der Waals surface area contributed by atoms with Crippen LogP contribution >= 0.6 is 0 Å². The molecule has 0 aliphatic carbocycles. The van der Waals surface area contributed by atoms with Crippen LogP contribution in [0.1, 0.15) is 32.3 Å². The smallest absolute Gasteiger partial charge is 0.240 e. The number of benzene rings is 2. The monoisotopic (exact) mass is 270 g/mol. The number of rotatable bonds is 5. The summed E-state index contributed by atoms with van der Waals surface area (Å²) >= 11 is 0. The highest BCUT2D eigenvalue weighted by molar-refractivity contribution is 5.88. The van der Waals surface area contributed by atoms with E-state index in [1.54, 1.807) is 6.92 Å². The van der Waals surface area contributed by atoms with Gasteiger partial charge in [0.15, 0.2) is 0 Å². The van der Waals surface area contributed by atoms with Gasteiger partial charge in [0.05, 0.1) is 5.54 Å². The van der Waals surface area contributed by atoms with Crippen molar-refractivity contribution in [1.82, 2.24) is 5.32 Å². The van der Waals surface area contributed by atoms with Crippen molar-refractivity contribution in [2.75, 3.05) is 0 Å². The van der Waals surface area contributed by atoms with E-state index in [0.29, 0.717) is 13.0 Å². The van der Waals surface area contributed by atoms with Gasteiger partial charge < -0.3 is 11.1 Å². The van der Waals surface area contributed by atoms with Crippen LogP contribution in [0.25, 0.3) is 10.8 Å². The van der Waals surface area contributed by atoms with Gasteiger partial charge in [0, 0.05) is 6.54 Å². The molecule has 0 saturated heterocycles. The number of hydrogen-bond donors (Lipinski definition) is 2. The van der Waals surface area contributed by atoms with E-state index in [-0.39, 0.29) is 5.91 Å². The Morgan fingerprint density at radius 1 is 1.20 bits per heavy atom. The third kappa shape index (κ3) is 3.17. The summed E-state index contributed by atoms with van der Waals surface area (Å²) in [4.78, 5) is 12.1. The van der Waals surface area contributed by atoms with Crippen molar-refractivity contribution < 1.29 is 4.79 Å². The summed E-state index contributed by atoms with van der Waals surface area (Å²) in [5.41, 5.74) is 6.36. The van der Waals surface area contributed by atoms with E-state index in [9.17, 15) is 4.79 Å². The van der Waals surface area contributed by atoms with Crippen LogP contribution in [0.3, 0.4) is 0 Å². The molecule has 2 rings (SSSR count). The van der Waals surface area contributed by atoms with Gasteiger partial charge >= 0.3 is 0 Å². The molecule has 1 amide bonds. The second kappa shape index (κ2) is 6.06. The van der Waals surface area contributed by atoms with Gasteiger partial charge in [0.2, 0.25) is 5.91 Å². The highest BCUT2D eigenvalue weighted by atomic mass is 16.2. The number of amides is 1. The van der Waals surface area contributed by atoms with Crippen molar-refractivity contribution in [1.29, 1.82) is 0 Å². The Bertz CT molecular complexity index is 599. The summed E-state index contributed by atoms with van der Waals surface area (Å²) in [7, 11) is 0. The summed E-state index contributed by atoms with van der Waals surface area (Å²) in [6.45, 7) is 4.33. The molecular weight excluding hydrogens is 248 g/mol. The van der Waals surface area contributed by atoms with Crippen LogP contribution in [-0.4, -0.2) is 11.4 Å². The van der Waals surface area contributed by atoms with Crippen LogP contribution in [0.15, 0.2) is 42.5 Å². The van der Waals surface area contributed by atoms with Gasteiger partial charge in [-0.2, -0.15) is 0 Å². The van der Waals surface area contributed by atoms with E-state index in [2.05, 4.69) is 23.5 Å². The molecule has 3 N–H and O–H groups in total. The lowest BCUT2D eigenvalue weighted by atomic mass is 9.96. The molecule has 0 aromatic heterocycles. The van der Waals surface area contributed by atoms with Gasteiger partial charge in [-0.25, -0.2) is 0 Å². The predicted octanol–water partition coefficient (Wildman–Crippen LogP) is 2.97. The van der Waals surface area contributed by atoms with Crippen LogP contribution in [-0.2, 0) is 11.3 Å². The molecule has 0 aliphatic rings. The fraction of sp³-hybridized carbons (Fsp3) is 0.353. The Balaban J connectivity index is 2.12. The van der Waals surface area contributed by atoms with Crippen LogP contribution in [0.5, 0.6) is 0 Å². The third-order valence-electron chi connectivity index (χ3n) is 3.61. The average molecular weight is 270 g/mol. The number of carbonyl (C=O) groups excluding carboxylic acids is 1. The Hall–Kier alpha value is -1.87. The first kappa shape index (κ1) is 14.5. The van der Waals surface area contributed by atoms with Crippen molar-refractivity contribution in [3.8, 4) is 0 Å². The SMILES string of the molecule is CCCC(C)(N)C(=O)NCc1cccc2ccccc12. The summed E-state index contributed by atoms with van der Waals surface area (Å²) in [6, 6.07) is 14.3. The maximum atomic E-state index is 12.1. The van der Waals surface area contributed by atoms with Crippen molar-refractivity contribution in [2.45, 2.75) is 38.8 Å². The molecule has 106 valence electrons. The highest BCUT2D eigenvalue weighted by Crippen LogP contribution is 2.18. The topological polar surface area (TPSA) is 55.1 Å². The molecule has 1 unspecified atom stereocenters. The molecule has 1 atom stereocenters. The molecule has 2 aromatic rings. The molecule has 0 radical (unpaired) electrons. The van der Waals surface area contributed by atoms with Gasteiger partial charge in [-0.05, 0) is 29.7 Å². The Labute approximate surface area is 120 Å². The lowest BCUT2D eigenvalue weighted by molar-refractivity contribution is -0.126. The van der Waals surface area contributed by atoms with Crippen molar-refractivity contribution >= 4 is 16.7 Å². The molecule has 20 heavy (non-hydrogen) atoms. The second-order valence-corrected chi connectivity index (χ2v) is 5.49. The van der Waals surface area contributed by atoms with E-state index in [0.717, 1.165) is 12.0 Å². The summed E-state index contributed by atoms with van der Waals surface area (Å²) in [5.74, 6) is -0.0905. The first-order valence-electron chi connectivity index (χ1n) is 7.08. The zero-order valence-corrected chi connectivity index (χ0v) is 12.1. The molecule has 0 saturated carbocycles. The molecule has 0 heterocycles. The van der Waals surface area contributed by atoms with Gasteiger partial charge in [-0.1, -0.05) is 55.8 Å². The van der Waals surface area contributed by atoms with Crippen molar-refractivity contribution in [3.63, 3.8) is 0 Å². The zero-order valence-electron chi connectivity index (χ0n) is 12.1. The minimum atomic E-state index is -0.792. The minimum Gasteiger partial charge on any atom is -0.350 e. The van der Waals surface area contributed by atoms with E-state index in [4.69, 9.17) is 5.73 Å². The number of carbonyl (C=O) groups is 1. The fourth-order valence-electron chi connectivity index (χ4n) is 2.46. The molecule has 3 nitrogen and oxygen atoms in total. The molecule has 0 spiro atoms. The summed E-state index contributed by atoms with van der Waals surface area (Å²) < 4.78 is 0. The second-order valence-electron chi connectivity index (χ2n) is 5.49. The normalized spacial score (nSPS) is 13.9. The fourth-order valence-corrected chi connectivity index (χ4v) is 2.46. The zero-order chi connectivity index (χ0) is 14.6. The lowest BCUT2D eigenvalue weighted by Crippen LogP contribution is -2.51. The van der Waals surface area contributed by atoms with Crippen molar-refractivity contribution in [2.24, 2.45) is 5.73 Å². The maximum Gasteiger partial charge on any atom is 0.240 e. The molecule has 2 aromatic carbocycles. The Kier molecular flexibility index (Phi) is 4.40. The predicted molar refractivity (Wildman–Crippen MR) is 83.3 cm³/mol. The van der Waals surface area contributed by atoms with Crippen LogP contribution in [0.4, 0.5) is 0 Å². The third-order valence-corrected chi connectivity index (χ3v) is 3.61. The average Bonchev–Trinajstić information content (AvgIpc) is 2.44. The van der Waals surface area contributed by atoms with Gasteiger partial charge in [0.1, 0.15) is 0 Å². The Morgan fingerprint density at radius 2 is 1.90 bits per heavy atom. The number of hydrogen-bond acceptors (Lipinski definition) is 2. The first-order valence-corrected chi connectivity index (χ1v) is 7.08. The lowest BCUT2D eigenvalue weighted by Gasteiger charge is -2.23.